The van der Waals surface area contributed by atoms with E-state index in [0.717, 1.165) is 24.9 Å². The van der Waals surface area contributed by atoms with Crippen molar-refractivity contribution in [1.29, 1.82) is 0 Å². The maximum atomic E-state index is 13.4. The average Bonchev–Trinajstić information content (AvgIpc) is 2.28. The Morgan fingerprint density at radius 2 is 2.06 bits per heavy atom. The van der Waals surface area contributed by atoms with Crippen molar-refractivity contribution in [3.8, 4) is 5.75 Å². The summed E-state index contributed by atoms with van der Waals surface area (Å²) in [6.07, 6.45) is 2.06. The molecule has 0 amide bonds. The van der Waals surface area contributed by atoms with E-state index in [1.165, 1.54) is 6.07 Å². The topological polar surface area (TPSA) is 21.3 Å². The Bertz CT molecular complexity index is 352. The summed E-state index contributed by atoms with van der Waals surface area (Å²) in [5, 5.41) is 3.26. The molecule has 0 saturated carbocycles. The van der Waals surface area contributed by atoms with Crippen LogP contribution in [0.5, 0.6) is 5.75 Å². The lowest BCUT2D eigenvalue weighted by molar-refractivity contribution is 0.288. The van der Waals surface area contributed by atoms with E-state index in [-0.39, 0.29) is 5.82 Å². The zero-order valence-electron chi connectivity index (χ0n) is 11.6. The maximum absolute atomic E-state index is 13.4. The largest absolute Gasteiger partial charge is 0.493 e. The van der Waals surface area contributed by atoms with Gasteiger partial charge in [-0.25, -0.2) is 4.39 Å². The maximum Gasteiger partial charge on any atom is 0.127 e. The van der Waals surface area contributed by atoms with Crippen molar-refractivity contribution in [2.24, 2.45) is 5.92 Å². The molecule has 1 rings (SSSR count). The van der Waals surface area contributed by atoms with Gasteiger partial charge >= 0.3 is 0 Å². The van der Waals surface area contributed by atoms with E-state index in [4.69, 9.17) is 4.74 Å². The van der Waals surface area contributed by atoms with Crippen molar-refractivity contribution >= 4 is 0 Å². The van der Waals surface area contributed by atoms with Gasteiger partial charge in [-0.1, -0.05) is 20.8 Å². The van der Waals surface area contributed by atoms with Crippen molar-refractivity contribution in [1.82, 2.24) is 5.32 Å². The molecule has 2 nitrogen and oxygen atoms in total. The summed E-state index contributed by atoms with van der Waals surface area (Å²) in [7, 11) is 0. The third-order valence-corrected chi connectivity index (χ3v) is 2.65. The highest BCUT2D eigenvalue weighted by atomic mass is 19.1. The van der Waals surface area contributed by atoms with E-state index in [0.29, 0.717) is 24.8 Å². The van der Waals surface area contributed by atoms with Gasteiger partial charge in [-0.05, 0) is 43.0 Å². The van der Waals surface area contributed by atoms with Crippen LogP contribution < -0.4 is 10.1 Å². The Hall–Kier alpha value is -1.09. The first kappa shape index (κ1) is 15.0. The van der Waals surface area contributed by atoms with Crippen LogP contribution in [0.15, 0.2) is 18.2 Å². The van der Waals surface area contributed by atoms with Crippen LogP contribution in [0.25, 0.3) is 0 Å². The molecule has 3 heteroatoms. The Kier molecular flexibility index (Phi) is 6.73. The summed E-state index contributed by atoms with van der Waals surface area (Å²) in [6, 6.07) is 4.91. The standard InChI is InChI=1S/C15H24FNO/c1-4-6-17-11-13-8-14(16)10-15(9-13)18-7-5-12(2)3/h8-10,12,17H,4-7,11H2,1-3H3. The molecular formula is C15H24FNO. The van der Waals surface area contributed by atoms with Gasteiger partial charge in [0.25, 0.3) is 0 Å². The van der Waals surface area contributed by atoms with E-state index < -0.39 is 0 Å². The first-order valence-electron chi connectivity index (χ1n) is 6.74. The lowest BCUT2D eigenvalue weighted by atomic mass is 10.1. The number of nitrogens with one attached hydrogen (secondary N) is 1. The van der Waals surface area contributed by atoms with Gasteiger partial charge in [0, 0.05) is 12.6 Å². The number of hydrogen-bond acceptors (Lipinski definition) is 2. The van der Waals surface area contributed by atoms with E-state index in [1.807, 2.05) is 6.07 Å². The fourth-order valence-electron chi connectivity index (χ4n) is 1.63. The summed E-state index contributed by atoms with van der Waals surface area (Å²) in [5.74, 6) is 0.999. The van der Waals surface area contributed by atoms with Crippen LogP contribution >= 0.6 is 0 Å². The monoisotopic (exact) mass is 253 g/mol. The van der Waals surface area contributed by atoms with Gasteiger partial charge in [0.05, 0.1) is 6.61 Å². The molecule has 0 saturated heterocycles. The Morgan fingerprint density at radius 1 is 1.28 bits per heavy atom. The SMILES string of the molecule is CCCNCc1cc(F)cc(OCCC(C)C)c1. The van der Waals surface area contributed by atoms with Gasteiger partial charge in [0.15, 0.2) is 0 Å². The van der Waals surface area contributed by atoms with Gasteiger partial charge < -0.3 is 10.1 Å². The fraction of sp³-hybridized carbons (Fsp3) is 0.600. The Balaban J connectivity index is 2.51. The second-order valence-electron chi connectivity index (χ2n) is 5.00. The molecule has 1 aromatic rings. The predicted molar refractivity (Wildman–Crippen MR) is 73.3 cm³/mol. The van der Waals surface area contributed by atoms with Crippen molar-refractivity contribution in [2.75, 3.05) is 13.2 Å². The molecule has 0 radical (unpaired) electrons. The Labute approximate surface area is 110 Å². The van der Waals surface area contributed by atoms with E-state index in [9.17, 15) is 4.39 Å². The normalized spacial score (nSPS) is 10.9. The second-order valence-corrected chi connectivity index (χ2v) is 5.00. The van der Waals surface area contributed by atoms with Crippen LogP contribution in [-0.2, 0) is 6.54 Å². The quantitative estimate of drug-likeness (QED) is 0.712. The number of halogens is 1. The summed E-state index contributed by atoms with van der Waals surface area (Å²) in [4.78, 5) is 0. The lowest BCUT2D eigenvalue weighted by Gasteiger charge is -2.10. The third-order valence-electron chi connectivity index (χ3n) is 2.65. The molecule has 0 fully saturated rings. The molecule has 0 aliphatic heterocycles. The van der Waals surface area contributed by atoms with Gasteiger partial charge in [0.2, 0.25) is 0 Å². The van der Waals surface area contributed by atoms with E-state index in [1.54, 1.807) is 6.07 Å². The lowest BCUT2D eigenvalue weighted by Crippen LogP contribution is -2.14. The van der Waals surface area contributed by atoms with Crippen LogP contribution in [0.3, 0.4) is 0 Å². The van der Waals surface area contributed by atoms with Crippen molar-refractivity contribution < 1.29 is 9.13 Å². The molecule has 1 N–H and O–H groups in total. The molecule has 0 bridgehead atoms. The molecule has 0 aromatic heterocycles. The van der Waals surface area contributed by atoms with Gasteiger partial charge in [-0.3, -0.25) is 0 Å². The average molecular weight is 253 g/mol. The zero-order valence-corrected chi connectivity index (χ0v) is 11.6. The number of benzene rings is 1. The summed E-state index contributed by atoms with van der Waals surface area (Å²) < 4.78 is 19.0. The molecular weight excluding hydrogens is 229 g/mol. The summed E-state index contributed by atoms with van der Waals surface area (Å²) in [5.41, 5.74) is 0.933. The zero-order chi connectivity index (χ0) is 13.4. The molecule has 1 aromatic carbocycles. The minimum absolute atomic E-state index is 0.231. The highest BCUT2D eigenvalue weighted by Gasteiger charge is 2.02. The first-order valence-corrected chi connectivity index (χ1v) is 6.74. The summed E-state index contributed by atoms with van der Waals surface area (Å²) in [6.45, 7) is 8.68. The minimum atomic E-state index is -0.231. The van der Waals surface area contributed by atoms with Crippen LogP contribution in [0.2, 0.25) is 0 Å². The molecule has 0 unspecified atom stereocenters. The molecule has 0 atom stereocenters. The molecule has 0 spiro atoms. The second kappa shape index (κ2) is 8.09. The molecule has 0 aliphatic carbocycles. The van der Waals surface area contributed by atoms with Crippen LogP contribution in [0.1, 0.15) is 39.2 Å². The molecule has 18 heavy (non-hydrogen) atoms. The predicted octanol–water partition coefficient (Wildman–Crippen LogP) is 3.75. The van der Waals surface area contributed by atoms with Crippen LogP contribution in [0, 0.1) is 11.7 Å². The highest BCUT2D eigenvalue weighted by Crippen LogP contribution is 2.17. The van der Waals surface area contributed by atoms with Crippen molar-refractivity contribution in [2.45, 2.75) is 40.2 Å². The Morgan fingerprint density at radius 3 is 2.72 bits per heavy atom. The van der Waals surface area contributed by atoms with Crippen LogP contribution in [-0.4, -0.2) is 13.2 Å². The van der Waals surface area contributed by atoms with Crippen molar-refractivity contribution in [3.63, 3.8) is 0 Å². The number of rotatable bonds is 8. The first-order chi connectivity index (χ1) is 8.61. The molecule has 0 heterocycles. The summed E-state index contributed by atoms with van der Waals surface area (Å²) >= 11 is 0. The van der Waals surface area contributed by atoms with Crippen LogP contribution in [0.4, 0.5) is 4.39 Å². The van der Waals surface area contributed by atoms with E-state index in [2.05, 4.69) is 26.1 Å². The van der Waals surface area contributed by atoms with Gasteiger partial charge in [-0.15, -0.1) is 0 Å². The van der Waals surface area contributed by atoms with E-state index >= 15 is 0 Å². The fourth-order valence-corrected chi connectivity index (χ4v) is 1.63. The smallest absolute Gasteiger partial charge is 0.127 e. The van der Waals surface area contributed by atoms with Gasteiger partial charge in [-0.2, -0.15) is 0 Å². The number of ether oxygens (including phenoxy) is 1. The minimum Gasteiger partial charge on any atom is -0.493 e. The van der Waals surface area contributed by atoms with Gasteiger partial charge in [0.1, 0.15) is 11.6 Å². The third kappa shape index (κ3) is 6.01. The molecule has 102 valence electrons. The highest BCUT2D eigenvalue weighted by molar-refractivity contribution is 5.29. The number of hydrogen-bond donors (Lipinski definition) is 1. The van der Waals surface area contributed by atoms with Crippen molar-refractivity contribution in [3.05, 3.63) is 29.6 Å². The molecule has 0 aliphatic rings.